The summed E-state index contributed by atoms with van der Waals surface area (Å²) in [6, 6.07) is 2.79. The Hall–Kier alpha value is -3.25. The van der Waals surface area contributed by atoms with Crippen LogP contribution in [0.4, 0.5) is 39.5 Å². The molecule has 0 saturated carbocycles. The van der Waals surface area contributed by atoms with Crippen LogP contribution in [0.25, 0.3) is 0 Å². The lowest BCUT2D eigenvalue weighted by molar-refractivity contribution is -0.143. The van der Waals surface area contributed by atoms with Crippen molar-refractivity contribution in [1.82, 2.24) is 5.32 Å². The summed E-state index contributed by atoms with van der Waals surface area (Å²) in [6.07, 6.45) is -16.4. The first-order valence-corrected chi connectivity index (χ1v) is 9.00. The zero-order valence-electron chi connectivity index (χ0n) is 16.3. The minimum Gasteiger partial charge on any atom is -0.368 e. The Morgan fingerprint density at radius 3 is 1.70 bits per heavy atom. The molecule has 0 fully saturated rings. The number of halogens is 9. The van der Waals surface area contributed by atoms with E-state index in [0.29, 0.717) is 18.2 Å². The van der Waals surface area contributed by atoms with E-state index in [-0.39, 0.29) is 11.6 Å². The van der Waals surface area contributed by atoms with Crippen molar-refractivity contribution in [2.75, 3.05) is 0 Å². The molecule has 3 N–H and O–H groups in total. The summed E-state index contributed by atoms with van der Waals surface area (Å²) < 4.78 is 116. The molecule has 180 valence electrons. The summed E-state index contributed by atoms with van der Waals surface area (Å²) in [4.78, 5) is 23.8. The summed E-state index contributed by atoms with van der Waals surface area (Å²) in [7, 11) is 0. The van der Waals surface area contributed by atoms with E-state index in [0.717, 1.165) is 12.1 Å². The first-order valence-electron chi connectivity index (χ1n) is 9.00. The zero-order chi connectivity index (χ0) is 25.2. The second-order valence-corrected chi connectivity index (χ2v) is 7.02. The fraction of sp³-hybridized carbons (Fsp3) is 0.300. The van der Waals surface area contributed by atoms with E-state index in [2.05, 4.69) is 0 Å². The van der Waals surface area contributed by atoms with Gasteiger partial charge in [-0.2, -0.15) is 39.5 Å². The van der Waals surface area contributed by atoms with Crippen molar-refractivity contribution in [2.45, 2.75) is 37.4 Å². The molecule has 33 heavy (non-hydrogen) atoms. The Bertz CT molecular complexity index is 995. The van der Waals surface area contributed by atoms with Crippen molar-refractivity contribution in [1.29, 1.82) is 0 Å². The van der Waals surface area contributed by atoms with Crippen LogP contribution >= 0.6 is 0 Å². The summed E-state index contributed by atoms with van der Waals surface area (Å²) in [6.45, 7) is 0. The number of nitrogens with two attached hydrogens (primary N) is 1. The van der Waals surface area contributed by atoms with E-state index >= 15 is 0 Å². The van der Waals surface area contributed by atoms with Crippen molar-refractivity contribution in [3.63, 3.8) is 0 Å². The van der Waals surface area contributed by atoms with Crippen LogP contribution in [-0.2, 0) is 41.0 Å². The van der Waals surface area contributed by atoms with E-state index in [4.69, 9.17) is 5.73 Å². The molecule has 2 amide bonds. The summed E-state index contributed by atoms with van der Waals surface area (Å²) in [5, 5.41) is 2.03. The standard InChI is InChI=1S/C20H15F9N2O2/c21-18(22,23)12-3-1-2-10(4-12)7-15(17(30)33)31-16(32)8-11-5-13(19(24,25)26)9-14(6-11)20(27,28)29/h1-6,9,15H,7-8H2,(H2,30,33)(H,31,32)/t15-/m0/s1. The topological polar surface area (TPSA) is 72.2 Å². The number of rotatable bonds is 6. The van der Waals surface area contributed by atoms with E-state index < -0.39 is 71.5 Å². The second kappa shape index (κ2) is 9.32. The number of nitrogens with one attached hydrogen (secondary N) is 1. The number of hydrogen-bond donors (Lipinski definition) is 2. The fourth-order valence-electron chi connectivity index (χ4n) is 2.89. The molecule has 2 rings (SSSR count). The second-order valence-electron chi connectivity index (χ2n) is 7.02. The highest BCUT2D eigenvalue weighted by atomic mass is 19.4. The minimum atomic E-state index is -5.12. The predicted octanol–water partition coefficient (Wildman–Crippen LogP) is 4.50. The smallest absolute Gasteiger partial charge is 0.368 e. The van der Waals surface area contributed by atoms with Gasteiger partial charge in [-0.1, -0.05) is 18.2 Å². The number of carbonyl (C=O) groups is 2. The number of hydrogen-bond acceptors (Lipinski definition) is 2. The lowest BCUT2D eigenvalue weighted by atomic mass is 10.0. The van der Waals surface area contributed by atoms with Crippen LogP contribution in [0.2, 0.25) is 0 Å². The average Bonchev–Trinajstić information content (AvgIpc) is 2.65. The van der Waals surface area contributed by atoms with Gasteiger partial charge in [-0.25, -0.2) is 0 Å². The van der Waals surface area contributed by atoms with Crippen LogP contribution < -0.4 is 11.1 Å². The molecule has 0 saturated heterocycles. The summed E-state index contributed by atoms with van der Waals surface area (Å²) in [5.74, 6) is -2.32. The van der Waals surface area contributed by atoms with Crippen molar-refractivity contribution < 1.29 is 49.1 Å². The Kier molecular flexibility index (Phi) is 7.34. The molecule has 0 aliphatic heterocycles. The van der Waals surface area contributed by atoms with Gasteiger partial charge in [-0.3, -0.25) is 9.59 Å². The van der Waals surface area contributed by atoms with Gasteiger partial charge in [0.05, 0.1) is 23.1 Å². The number of alkyl halides is 9. The quantitative estimate of drug-likeness (QED) is 0.591. The average molecular weight is 486 g/mol. The first kappa shape index (κ1) is 26.0. The monoisotopic (exact) mass is 486 g/mol. The van der Waals surface area contributed by atoms with E-state index in [1.807, 2.05) is 5.32 Å². The number of benzene rings is 2. The van der Waals surface area contributed by atoms with Crippen LogP contribution in [-0.4, -0.2) is 17.9 Å². The number of primary amides is 1. The van der Waals surface area contributed by atoms with Crippen molar-refractivity contribution in [3.8, 4) is 0 Å². The van der Waals surface area contributed by atoms with Gasteiger partial charge in [-0.05, 0) is 35.4 Å². The van der Waals surface area contributed by atoms with Gasteiger partial charge >= 0.3 is 18.5 Å². The summed E-state index contributed by atoms with van der Waals surface area (Å²) in [5.41, 5.74) is 0.175. The maximum Gasteiger partial charge on any atom is 0.416 e. The fourth-order valence-corrected chi connectivity index (χ4v) is 2.89. The highest BCUT2D eigenvalue weighted by Crippen LogP contribution is 2.36. The molecule has 0 bridgehead atoms. The highest BCUT2D eigenvalue weighted by Gasteiger charge is 2.37. The Morgan fingerprint density at radius 2 is 1.24 bits per heavy atom. The van der Waals surface area contributed by atoms with Crippen LogP contribution in [0.3, 0.4) is 0 Å². The molecule has 0 aliphatic carbocycles. The molecule has 0 heterocycles. The molecule has 0 aromatic heterocycles. The molecule has 13 heteroatoms. The van der Waals surface area contributed by atoms with E-state index in [1.165, 1.54) is 6.07 Å². The van der Waals surface area contributed by atoms with Gasteiger partial charge in [0.1, 0.15) is 6.04 Å². The normalized spacial score (nSPS) is 13.5. The largest absolute Gasteiger partial charge is 0.416 e. The third-order valence-electron chi connectivity index (χ3n) is 4.38. The van der Waals surface area contributed by atoms with Gasteiger partial charge in [0, 0.05) is 6.42 Å². The third kappa shape index (κ3) is 7.39. The molecule has 2 aromatic rings. The maximum absolute atomic E-state index is 12.9. The Balaban J connectivity index is 2.23. The third-order valence-corrected chi connectivity index (χ3v) is 4.38. The van der Waals surface area contributed by atoms with Crippen molar-refractivity contribution in [3.05, 3.63) is 70.3 Å². The SMILES string of the molecule is NC(=O)[C@H](Cc1cccc(C(F)(F)F)c1)NC(=O)Cc1cc(C(F)(F)F)cc(C(F)(F)F)c1. The number of amides is 2. The van der Waals surface area contributed by atoms with Crippen LogP contribution in [0.1, 0.15) is 27.8 Å². The first-order chi connectivity index (χ1) is 15.0. The molecule has 1 atom stereocenters. The zero-order valence-corrected chi connectivity index (χ0v) is 16.3. The van der Waals surface area contributed by atoms with Crippen molar-refractivity contribution >= 4 is 11.8 Å². The van der Waals surface area contributed by atoms with Gasteiger partial charge in [-0.15, -0.1) is 0 Å². The Labute approximate surface area is 180 Å². The highest BCUT2D eigenvalue weighted by molar-refractivity contribution is 5.87. The molecular weight excluding hydrogens is 471 g/mol. The van der Waals surface area contributed by atoms with Crippen LogP contribution in [0, 0.1) is 0 Å². The maximum atomic E-state index is 12.9. The van der Waals surface area contributed by atoms with Gasteiger partial charge < -0.3 is 11.1 Å². The molecule has 0 radical (unpaired) electrons. The molecule has 0 spiro atoms. The molecule has 4 nitrogen and oxygen atoms in total. The van der Waals surface area contributed by atoms with E-state index in [1.54, 1.807) is 0 Å². The van der Waals surface area contributed by atoms with Gasteiger partial charge in [0.2, 0.25) is 11.8 Å². The molecule has 0 aliphatic rings. The Morgan fingerprint density at radius 1 is 0.758 bits per heavy atom. The molecule has 2 aromatic carbocycles. The van der Waals surface area contributed by atoms with E-state index in [9.17, 15) is 49.1 Å². The molecular formula is C20H15F9N2O2. The lowest BCUT2D eigenvalue weighted by Crippen LogP contribution is -2.46. The summed E-state index contributed by atoms with van der Waals surface area (Å²) >= 11 is 0. The van der Waals surface area contributed by atoms with Crippen LogP contribution in [0.15, 0.2) is 42.5 Å². The lowest BCUT2D eigenvalue weighted by Gasteiger charge is -2.18. The van der Waals surface area contributed by atoms with Gasteiger partial charge in [0.25, 0.3) is 0 Å². The van der Waals surface area contributed by atoms with Crippen molar-refractivity contribution in [2.24, 2.45) is 5.73 Å². The van der Waals surface area contributed by atoms with Crippen LogP contribution in [0.5, 0.6) is 0 Å². The molecule has 0 unspecified atom stereocenters. The predicted molar refractivity (Wildman–Crippen MR) is 96.4 cm³/mol. The minimum absolute atomic E-state index is 0.0349. The number of carbonyl (C=O) groups excluding carboxylic acids is 2. The van der Waals surface area contributed by atoms with Gasteiger partial charge in [0.15, 0.2) is 0 Å².